The lowest BCUT2D eigenvalue weighted by Gasteiger charge is -2.28. The first-order valence-corrected chi connectivity index (χ1v) is 4.77. The van der Waals surface area contributed by atoms with Gasteiger partial charge in [0.2, 0.25) is 5.91 Å². The molecule has 0 saturated carbocycles. The first kappa shape index (κ1) is 13.6. The molecule has 1 unspecified atom stereocenters. The molecule has 0 aliphatic carbocycles. The molecule has 0 aromatic rings. The molecule has 0 aliphatic heterocycles. The lowest BCUT2D eigenvalue weighted by atomic mass is 9.95. The number of nitrogens with one attached hydrogen (secondary N) is 1. The third kappa shape index (κ3) is 5.85. The van der Waals surface area contributed by atoms with Gasteiger partial charge in [0.1, 0.15) is 0 Å². The third-order valence-electron chi connectivity index (χ3n) is 2.25. The monoisotopic (exact) mass is 215 g/mol. The highest BCUT2D eigenvalue weighted by Gasteiger charge is 2.22. The Morgan fingerprint density at radius 1 is 1.40 bits per heavy atom. The number of amides is 1. The van der Waals surface area contributed by atoms with E-state index in [1.807, 2.05) is 6.92 Å². The van der Waals surface area contributed by atoms with Crippen LogP contribution in [0.25, 0.3) is 0 Å². The summed E-state index contributed by atoms with van der Waals surface area (Å²) in [7, 11) is 0. The Hall–Kier alpha value is -1.36. The Kier molecular flexibility index (Phi) is 5.62. The van der Waals surface area contributed by atoms with Crippen molar-refractivity contribution in [3.05, 3.63) is 12.2 Å². The molecule has 1 amide bonds. The van der Waals surface area contributed by atoms with Gasteiger partial charge >= 0.3 is 5.97 Å². The van der Waals surface area contributed by atoms with Gasteiger partial charge in [-0.15, -0.1) is 0 Å². The first-order chi connectivity index (χ1) is 6.93. The molecule has 0 aliphatic rings. The molecular formula is C10H17NO4. The number of aliphatic carboxylic acids is 1. The van der Waals surface area contributed by atoms with Crippen LogP contribution in [0.4, 0.5) is 0 Å². The van der Waals surface area contributed by atoms with E-state index in [0.29, 0.717) is 12.8 Å². The Labute approximate surface area is 88.8 Å². The number of hydrogen-bond donors (Lipinski definition) is 3. The molecule has 0 bridgehead atoms. The summed E-state index contributed by atoms with van der Waals surface area (Å²) in [5.41, 5.74) is -0.491. The van der Waals surface area contributed by atoms with Crippen LogP contribution in [-0.2, 0) is 9.59 Å². The Balaban J connectivity index is 4.30. The fourth-order valence-corrected chi connectivity index (χ4v) is 1.06. The van der Waals surface area contributed by atoms with E-state index in [0.717, 1.165) is 12.2 Å². The normalized spacial score (nSPS) is 14.9. The second kappa shape index (κ2) is 6.19. The van der Waals surface area contributed by atoms with Crippen LogP contribution in [0.2, 0.25) is 0 Å². The number of carboxylic acid groups (broad SMARTS) is 1. The van der Waals surface area contributed by atoms with Crippen molar-refractivity contribution in [2.75, 3.05) is 6.61 Å². The number of carbonyl (C=O) groups excluding carboxylic acids is 1. The van der Waals surface area contributed by atoms with E-state index in [1.165, 1.54) is 0 Å². The van der Waals surface area contributed by atoms with Gasteiger partial charge in [-0.25, -0.2) is 4.79 Å². The van der Waals surface area contributed by atoms with Gasteiger partial charge in [0.05, 0.1) is 0 Å². The number of aliphatic hydroxyl groups is 1. The molecule has 0 aromatic heterocycles. The van der Waals surface area contributed by atoms with E-state index in [2.05, 4.69) is 5.32 Å². The number of rotatable bonds is 6. The Morgan fingerprint density at radius 3 is 2.40 bits per heavy atom. The van der Waals surface area contributed by atoms with Crippen molar-refractivity contribution in [1.29, 1.82) is 0 Å². The molecule has 0 spiro atoms. The lowest BCUT2D eigenvalue weighted by molar-refractivity contribution is -0.131. The van der Waals surface area contributed by atoms with E-state index in [9.17, 15) is 9.59 Å². The third-order valence-corrected chi connectivity index (χ3v) is 2.25. The smallest absolute Gasteiger partial charge is 0.328 e. The number of aliphatic hydroxyl groups excluding tert-OH is 1. The van der Waals surface area contributed by atoms with Crippen LogP contribution in [-0.4, -0.2) is 34.2 Å². The summed E-state index contributed by atoms with van der Waals surface area (Å²) in [5.74, 6) is -1.62. The van der Waals surface area contributed by atoms with Gasteiger partial charge in [-0.2, -0.15) is 0 Å². The van der Waals surface area contributed by atoms with Gasteiger partial charge < -0.3 is 15.5 Å². The predicted molar refractivity (Wildman–Crippen MR) is 55.3 cm³/mol. The summed E-state index contributed by atoms with van der Waals surface area (Å²) >= 11 is 0. The zero-order valence-corrected chi connectivity index (χ0v) is 8.99. The molecule has 0 fully saturated rings. The van der Waals surface area contributed by atoms with Gasteiger partial charge in [0, 0.05) is 24.3 Å². The molecule has 5 nitrogen and oxygen atoms in total. The van der Waals surface area contributed by atoms with Gasteiger partial charge in [0.15, 0.2) is 0 Å². The average molecular weight is 215 g/mol. The first-order valence-electron chi connectivity index (χ1n) is 4.77. The van der Waals surface area contributed by atoms with Gasteiger partial charge in [-0.05, 0) is 19.8 Å². The summed E-state index contributed by atoms with van der Waals surface area (Å²) in [6, 6.07) is 0. The van der Waals surface area contributed by atoms with Crippen LogP contribution in [0.15, 0.2) is 12.2 Å². The average Bonchev–Trinajstić information content (AvgIpc) is 2.15. The second-order valence-electron chi connectivity index (χ2n) is 3.55. The highest BCUT2D eigenvalue weighted by atomic mass is 16.4. The van der Waals surface area contributed by atoms with Crippen molar-refractivity contribution in [2.45, 2.75) is 32.2 Å². The van der Waals surface area contributed by atoms with Crippen molar-refractivity contribution in [3.8, 4) is 0 Å². The van der Waals surface area contributed by atoms with Gasteiger partial charge in [-0.3, -0.25) is 4.79 Å². The van der Waals surface area contributed by atoms with E-state index < -0.39 is 17.4 Å². The van der Waals surface area contributed by atoms with Crippen LogP contribution >= 0.6 is 0 Å². The minimum absolute atomic E-state index is 0.0206. The molecule has 1 atom stereocenters. The van der Waals surface area contributed by atoms with E-state index >= 15 is 0 Å². The maximum absolute atomic E-state index is 11.3. The van der Waals surface area contributed by atoms with E-state index in [4.69, 9.17) is 10.2 Å². The Morgan fingerprint density at radius 2 is 2.00 bits per heavy atom. The fourth-order valence-electron chi connectivity index (χ4n) is 1.06. The van der Waals surface area contributed by atoms with Crippen LogP contribution in [0.1, 0.15) is 26.7 Å². The highest BCUT2D eigenvalue weighted by Crippen LogP contribution is 2.13. The SMILES string of the molecule is CCC(C)(CCO)NC(=O)/C=C/C(=O)O. The number of carboxylic acids is 1. The topological polar surface area (TPSA) is 86.6 Å². The quantitative estimate of drug-likeness (QED) is 0.556. The summed E-state index contributed by atoms with van der Waals surface area (Å²) in [5, 5.41) is 19.8. The van der Waals surface area contributed by atoms with E-state index in [1.54, 1.807) is 6.92 Å². The molecule has 86 valence electrons. The molecule has 0 aromatic carbocycles. The van der Waals surface area contributed by atoms with Crippen molar-refractivity contribution >= 4 is 11.9 Å². The maximum Gasteiger partial charge on any atom is 0.328 e. The molecule has 0 heterocycles. The zero-order valence-electron chi connectivity index (χ0n) is 8.99. The van der Waals surface area contributed by atoms with Crippen molar-refractivity contribution in [3.63, 3.8) is 0 Å². The fraction of sp³-hybridized carbons (Fsp3) is 0.600. The largest absolute Gasteiger partial charge is 0.478 e. The van der Waals surface area contributed by atoms with Gasteiger partial charge in [0.25, 0.3) is 0 Å². The lowest BCUT2D eigenvalue weighted by Crippen LogP contribution is -2.45. The van der Waals surface area contributed by atoms with E-state index in [-0.39, 0.29) is 6.61 Å². The summed E-state index contributed by atoms with van der Waals surface area (Å²) < 4.78 is 0. The van der Waals surface area contributed by atoms with Crippen molar-refractivity contribution in [1.82, 2.24) is 5.32 Å². The standard InChI is InChI=1S/C10H17NO4/c1-3-10(2,6-7-12)11-8(13)4-5-9(14)15/h4-5,12H,3,6-7H2,1-2H3,(H,11,13)(H,14,15)/b5-4+. The van der Waals surface area contributed by atoms with Crippen LogP contribution in [0.5, 0.6) is 0 Å². The molecule has 0 radical (unpaired) electrons. The van der Waals surface area contributed by atoms with Crippen LogP contribution in [0, 0.1) is 0 Å². The summed E-state index contributed by atoms with van der Waals surface area (Å²) in [4.78, 5) is 21.4. The van der Waals surface area contributed by atoms with Crippen LogP contribution < -0.4 is 5.32 Å². The Bertz CT molecular complexity index is 262. The predicted octanol–water partition coefficient (Wildman–Crippen LogP) is 0.294. The molecule has 0 rings (SSSR count). The minimum atomic E-state index is -1.16. The van der Waals surface area contributed by atoms with Crippen molar-refractivity contribution < 1.29 is 19.8 Å². The molecule has 0 saturated heterocycles. The maximum atomic E-state index is 11.3. The summed E-state index contributed by atoms with van der Waals surface area (Å²) in [6.45, 7) is 3.67. The minimum Gasteiger partial charge on any atom is -0.478 e. The molecular weight excluding hydrogens is 198 g/mol. The molecule has 15 heavy (non-hydrogen) atoms. The van der Waals surface area contributed by atoms with Gasteiger partial charge in [-0.1, -0.05) is 6.92 Å². The number of hydrogen-bond acceptors (Lipinski definition) is 3. The molecule has 5 heteroatoms. The second-order valence-corrected chi connectivity index (χ2v) is 3.55. The van der Waals surface area contributed by atoms with Crippen molar-refractivity contribution in [2.24, 2.45) is 0 Å². The summed E-state index contributed by atoms with van der Waals surface area (Å²) in [6.07, 6.45) is 2.86. The zero-order chi connectivity index (χ0) is 11.9. The molecule has 3 N–H and O–H groups in total. The van der Waals surface area contributed by atoms with Crippen LogP contribution in [0.3, 0.4) is 0 Å². The highest BCUT2D eigenvalue weighted by molar-refractivity contribution is 5.94. The number of carbonyl (C=O) groups is 2.